The highest BCUT2D eigenvalue weighted by atomic mass is 32.2. The Kier molecular flexibility index (Phi) is 3.92. The van der Waals surface area contributed by atoms with E-state index in [4.69, 9.17) is 9.47 Å². The molecular weight excluding hydrogens is 294 g/mol. The Morgan fingerprint density at radius 1 is 1.43 bits per heavy atom. The summed E-state index contributed by atoms with van der Waals surface area (Å²) in [6, 6.07) is 4.45. The van der Waals surface area contributed by atoms with Crippen molar-refractivity contribution >= 4 is 10.0 Å². The van der Waals surface area contributed by atoms with Crippen LogP contribution in [0.5, 0.6) is 5.75 Å². The van der Waals surface area contributed by atoms with Crippen molar-refractivity contribution in [1.29, 1.82) is 0 Å². The number of methoxy groups -OCH3 is 1. The van der Waals surface area contributed by atoms with Crippen molar-refractivity contribution < 1.29 is 23.0 Å². The van der Waals surface area contributed by atoms with Crippen molar-refractivity contribution in [1.82, 2.24) is 4.72 Å². The molecule has 1 aromatic carbocycles. The Bertz CT molecular complexity index is 630. The second-order valence-corrected chi connectivity index (χ2v) is 7.16. The molecule has 3 unspecified atom stereocenters. The maximum Gasteiger partial charge on any atom is 0.244 e. The van der Waals surface area contributed by atoms with Crippen LogP contribution < -0.4 is 9.46 Å². The quantitative estimate of drug-likeness (QED) is 0.839. The van der Waals surface area contributed by atoms with Crippen molar-refractivity contribution in [3.05, 3.63) is 23.8 Å². The zero-order chi connectivity index (χ0) is 15.0. The van der Waals surface area contributed by atoms with Crippen LogP contribution in [0, 0.1) is 0 Å². The number of hydrogen-bond acceptors (Lipinski definition) is 5. The molecule has 1 aromatic rings. The molecule has 2 heterocycles. The summed E-state index contributed by atoms with van der Waals surface area (Å²) in [6.07, 6.45) is 2.76. The molecule has 0 aromatic heterocycles. The van der Waals surface area contributed by atoms with E-state index in [9.17, 15) is 13.5 Å². The fraction of sp³-hybridized carbons (Fsp3) is 0.571. The molecule has 116 valence electrons. The third kappa shape index (κ3) is 2.78. The lowest BCUT2D eigenvalue weighted by molar-refractivity contribution is 0.0996. The molecule has 6 nitrogen and oxygen atoms in total. The van der Waals surface area contributed by atoms with Crippen LogP contribution >= 0.6 is 0 Å². The summed E-state index contributed by atoms with van der Waals surface area (Å²) in [5.41, 5.74) is 0.528. The van der Waals surface area contributed by atoms with Gasteiger partial charge >= 0.3 is 0 Å². The smallest absolute Gasteiger partial charge is 0.244 e. The summed E-state index contributed by atoms with van der Waals surface area (Å²) in [5, 5.41) is 9.19. The summed E-state index contributed by atoms with van der Waals surface area (Å²) < 4.78 is 38.7. The Morgan fingerprint density at radius 2 is 2.24 bits per heavy atom. The van der Waals surface area contributed by atoms with Crippen molar-refractivity contribution in [3.8, 4) is 5.75 Å². The first kappa shape index (κ1) is 14.8. The standard InChI is InChI=1S/C14H19NO5S/c1-19-13-4-2-9(8-16)6-14(13)21(17,18)15-11-7-10-3-5-12(11)20-10/h2,4,6,10-12,15-16H,3,5,7-8H2,1H3. The topological polar surface area (TPSA) is 84.9 Å². The molecule has 2 saturated heterocycles. The van der Waals surface area contributed by atoms with Crippen LogP contribution in [-0.2, 0) is 21.4 Å². The average molecular weight is 313 g/mol. The summed E-state index contributed by atoms with van der Waals surface area (Å²) in [7, 11) is -2.28. The lowest BCUT2D eigenvalue weighted by Gasteiger charge is -2.21. The average Bonchev–Trinajstić information content (AvgIpc) is 3.08. The van der Waals surface area contributed by atoms with Gasteiger partial charge < -0.3 is 14.6 Å². The van der Waals surface area contributed by atoms with Crippen molar-refractivity contribution in [2.75, 3.05) is 7.11 Å². The monoisotopic (exact) mass is 313 g/mol. The minimum atomic E-state index is -3.71. The van der Waals surface area contributed by atoms with E-state index in [1.807, 2.05) is 0 Å². The summed E-state index contributed by atoms with van der Waals surface area (Å²) in [4.78, 5) is 0.0549. The van der Waals surface area contributed by atoms with Gasteiger partial charge in [0.1, 0.15) is 10.6 Å². The normalized spacial score (nSPS) is 28.0. The second kappa shape index (κ2) is 5.57. The van der Waals surface area contributed by atoms with Crippen LogP contribution in [0.2, 0.25) is 0 Å². The van der Waals surface area contributed by atoms with Gasteiger partial charge in [-0.2, -0.15) is 0 Å². The lowest BCUT2D eigenvalue weighted by Crippen LogP contribution is -2.41. The first-order chi connectivity index (χ1) is 10.0. The Morgan fingerprint density at radius 3 is 2.81 bits per heavy atom. The number of aliphatic hydroxyl groups is 1. The van der Waals surface area contributed by atoms with Gasteiger partial charge in [-0.1, -0.05) is 6.07 Å². The maximum absolute atomic E-state index is 12.6. The largest absolute Gasteiger partial charge is 0.495 e. The summed E-state index contributed by atoms with van der Waals surface area (Å²) in [5.74, 6) is 0.267. The Balaban J connectivity index is 1.87. The van der Waals surface area contributed by atoms with E-state index < -0.39 is 10.0 Å². The minimum absolute atomic E-state index is 0.0307. The summed E-state index contributed by atoms with van der Waals surface area (Å²) >= 11 is 0. The molecule has 21 heavy (non-hydrogen) atoms. The van der Waals surface area contributed by atoms with Crippen molar-refractivity contribution in [3.63, 3.8) is 0 Å². The highest BCUT2D eigenvalue weighted by Gasteiger charge is 2.42. The highest BCUT2D eigenvalue weighted by molar-refractivity contribution is 7.89. The molecule has 2 aliphatic heterocycles. The molecule has 3 atom stereocenters. The van der Waals surface area contributed by atoms with Gasteiger partial charge in [0, 0.05) is 0 Å². The molecule has 0 saturated carbocycles. The van der Waals surface area contributed by atoms with Crippen LogP contribution in [0.1, 0.15) is 24.8 Å². The zero-order valence-corrected chi connectivity index (χ0v) is 12.6. The molecular formula is C14H19NO5S. The van der Waals surface area contributed by atoms with Crippen LogP contribution in [0.3, 0.4) is 0 Å². The number of hydrogen-bond donors (Lipinski definition) is 2. The van der Waals surface area contributed by atoms with Gasteiger partial charge in [0.25, 0.3) is 0 Å². The van der Waals surface area contributed by atoms with Gasteiger partial charge in [0.2, 0.25) is 10.0 Å². The van der Waals surface area contributed by atoms with Crippen molar-refractivity contribution in [2.24, 2.45) is 0 Å². The van der Waals surface area contributed by atoms with E-state index in [2.05, 4.69) is 4.72 Å². The van der Waals surface area contributed by atoms with Gasteiger partial charge in [-0.15, -0.1) is 0 Å². The number of fused-ring (bicyclic) bond motifs is 2. The fourth-order valence-corrected chi connectivity index (χ4v) is 4.55. The van der Waals surface area contributed by atoms with Gasteiger partial charge in [-0.05, 0) is 37.0 Å². The zero-order valence-electron chi connectivity index (χ0n) is 11.8. The SMILES string of the molecule is COc1ccc(CO)cc1S(=O)(=O)NC1CC2CCC1O2. The highest BCUT2D eigenvalue weighted by Crippen LogP contribution is 2.35. The van der Waals surface area contributed by atoms with E-state index in [0.717, 1.165) is 12.8 Å². The number of sulfonamides is 1. The number of aliphatic hydroxyl groups excluding tert-OH is 1. The minimum Gasteiger partial charge on any atom is -0.495 e. The predicted octanol–water partition coefficient (Wildman–Crippen LogP) is 0.786. The second-order valence-electron chi connectivity index (χ2n) is 5.48. The first-order valence-corrected chi connectivity index (χ1v) is 8.47. The molecule has 0 amide bonds. The molecule has 2 N–H and O–H groups in total. The molecule has 0 spiro atoms. The molecule has 2 aliphatic rings. The van der Waals surface area contributed by atoms with Gasteiger partial charge in [-0.3, -0.25) is 0 Å². The maximum atomic E-state index is 12.6. The number of nitrogens with one attached hydrogen (secondary N) is 1. The first-order valence-electron chi connectivity index (χ1n) is 6.99. The van der Waals surface area contributed by atoms with Gasteiger partial charge in [0.15, 0.2) is 0 Å². The van der Waals surface area contributed by atoms with E-state index in [1.54, 1.807) is 12.1 Å². The fourth-order valence-electron chi connectivity index (χ4n) is 3.05. The number of ether oxygens (including phenoxy) is 2. The molecule has 0 aliphatic carbocycles. The van der Waals surface area contributed by atoms with Gasteiger partial charge in [0.05, 0.1) is 32.0 Å². The number of rotatable bonds is 5. The van der Waals surface area contributed by atoms with E-state index in [1.165, 1.54) is 13.2 Å². The molecule has 3 rings (SSSR count). The third-order valence-electron chi connectivity index (χ3n) is 4.11. The third-order valence-corrected chi connectivity index (χ3v) is 5.62. The lowest BCUT2D eigenvalue weighted by atomic mass is 9.96. The van der Waals surface area contributed by atoms with Crippen LogP contribution in [0.25, 0.3) is 0 Å². The molecule has 7 heteroatoms. The molecule has 2 bridgehead atoms. The van der Waals surface area contributed by atoms with E-state index >= 15 is 0 Å². The van der Waals surface area contributed by atoms with Crippen LogP contribution in [0.15, 0.2) is 23.1 Å². The van der Waals surface area contributed by atoms with Crippen molar-refractivity contribution in [2.45, 2.75) is 49.0 Å². The van der Waals surface area contributed by atoms with Crippen LogP contribution in [-0.4, -0.2) is 38.9 Å². The van der Waals surface area contributed by atoms with Crippen LogP contribution in [0.4, 0.5) is 0 Å². The Hall–Kier alpha value is -1.15. The summed E-state index contributed by atoms with van der Waals surface area (Å²) in [6.45, 7) is -0.218. The molecule has 2 fully saturated rings. The van der Waals surface area contributed by atoms with E-state index in [0.29, 0.717) is 12.0 Å². The number of benzene rings is 1. The molecule has 0 radical (unpaired) electrons. The van der Waals surface area contributed by atoms with Gasteiger partial charge in [-0.25, -0.2) is 13.1 Å². The predicted molar refractivity (Wildman–Crippen MR) is 75.5 cm³/mol. The Labute approximate surface area is 124 Å². The van der Waals surface area contributed by atoms with E-state index in [-0.39, 0.29) is 35.5 Å².